The van der Waals surface area contributed by atoms with Crippen molar-refractivity contribution in [2.45, 2.75) is 17.9 Å². The summed E-state index contributed by atoms with van der Waals surface area (Å²) in [5.41, 5.74) is 0. The van der Waals surface area contributed by atoms with E-state index < -0.39 is 10.0 Å². The minimum Gasteiger partial charge on any atom is -0.492 e. The smallest absolute Gasteiger partial charge is 0.238 e. The summed E-state index contributed by atoms with van der Waals surface area (Å²) in [5.74, 6) is 0.629. The Morgan fingerprint density at radius 3 is 2.50 bits per heavy atom. The monoisotopic (exact) mass is 340 g/mol. The van der Waals surface area contributed by atoms with E-state index in [0.29, 0.717) is 18.4 Å². The van der Waals surface area contributed by atoms with Crippen molar-refractivity contribution in [3.8, 4) is 5.75 Å². The molecule has 1 atom stereocenters. The topological polar surface area (TPSA) is 72.6 Å². The Bertz CT molecular complexity index is 682. The average Bonchev–Trinajstić information content (AvgIpc) is 3.00. The molecule has 22 heavy (non-hydrogen) atoms. The number of nitrogens with zero attached hydrogens (tertiary/aromatic N) is 1. The van der Waals surface area contributed by atoms with E-state index in [-0.39, 0.29) is 4.90 Å². The molecule has 5 nitrogen and oxygen atoms in total. The van der Waals surface area contributed by atoms with Crippen LogP contribution in [0.15, 0.2) is 46.7 Å². The van der Waals surface area contributed by atoms with Gasteiger partial charge in [0.15, 0.2) is 0 Å². The predicted molar refractivity (Wildman–Crippen MR) is 88.7 cm³/mol. The number of thiophene rings is 1. The second-order valence-electron chi connectivity index (χ2n) is 5.04. The molecule has 0 bridgehead atoms. The molecule has 0 amide bonds. The number of hydrogen-bond donors (Lipinski definition) is 1. The summed E-state index contributed by atoms with van der Waals surface area (Å²) < 4.78 is 28.0. The molecule has 2 N–H and O–H groups in total. The van der Waals surface area contributed by atoms with Gasteiger partial charge in [0.05, 0.1) is 4.90 Å². The van der Waals surface area contributed by atoms with Crippen LogP contribution in [-0.2, 0) is 10.0 Å². The first-order chi connectivity index (χ1) is 10.4. The second kappa shape index (κ2) is 7.23. The number of ether oxygens (including phenoxy) is 1. The lowest BCUT2D eigenvalue weighted by Crippen LogP contribution is -2.26. The first-order valence-electron chi connectivity index (χ1n) is 6.87. The van der Waals surface area contributed by atoms with Gasteiger partial charge in [-0.25, -0.2) is 13.6 Å². The summed E-state index contributed by atoms with van der Waals surface area (Å²) in [6, 6.07) is 10.6. The lowest BCUT2D eigenvalue weighted by Gasteiger charge is -2.23. The first kappa shape index (κ1) is 17.0. The van der Waals surface area contributed by atoms with E-state index in [1.54, 1.807) is 23.5 Å². The van der Waals surface area contributed by atoms with Crippen molar-refractivity contribution in [1.29, 1.82) is 0 Å². The number of sulfonamides is 1. The minimum absolute atomic E-state index is 0.0864. The van der Waals surface area contributed by atoms with Crippen LogP contribution in [0.3, 0.4) is 0 Å². The third kappa shape index (κ3) is 4.54. The van der Waals surface area contributed by atoms with E-state index in [9.17, 15) is 8.42 Å². The summed E-state index contributed by atoms with van der Waals surface area (Å²) in [5, 5.41) is 7.12. The molecular weight excluding hydrogens is 320 g/mol. The molecule has 0 aliphatic heterocycles. The molecule has 0 aliphatic carbocycles. The highest BCUT2D eigenvalue weighted by molar-refractivity contribution is 7.89. The number of likely N-dealkylation sites (N-methyl/N-ethyl adjacent to an activating group) is 1. The van der Waals surface area contributed by atoms with E-state index in [0.717, 1.165) is 6.54 Å². The molecular formula is C15H20N2O3S2. The summed E-state index contributed by atoms with van der Waals surface area (Å²) in [4.78, 5) is 3.62. The summed E-state index contributed by atoms with van der Waals surface area (Å²) in [7, 11) is -1.60. The molecule has 0 spiro atoms. The Balaban J connectivity index is 1.83. The van der Waals surface area contributed by atoms with Gasteiger partial charge >= 0.3 is 0 Å². The molecule has 120 valence electrons. The van der Waals surface area contributed by atoms with Crippen molar-refractivity contribution in [2.24, 2.45) is 5.14 Å². The fourth-order valence-corrected chi connectivity index (χ4v) is 3.34. The Morgan fingerprint density at radius 2 is 1.95 bits per heavy atom. The van der Waals surface area contributed by atoms with Gasteiger partial charge in [0.2, 0.25) is 10.0 Å². The number of benzene rings is 1. The van der Waals surface area contributed by atoms with Crippen LogP contribution in [0.25, 0.3) is 0 Å². The highest BCUT2D eigenvalue weighted by Gasteiger charge is 2.12. The van der Waals surface area contributed by atoms with Crippen LogP contribution in [0, 0.1) is 0 Å². The van der Waals surface area contributed by atoms with Crippen LogP contribution >= 0.6 is 11.3 Å². The van der Waals surface area contributed by atoms with Crippen LogP contribution in [0.5, 0.6) is 5.75 Å². The van der Waals surface area contributed by atoms with Gasteiger partial charge in [-0.3, -0.25) is 4.90 Å². The van der Waals surface area contributed by atoms with Crippen LogP contribution in [0.4, 0.5) is 0 Å². The van der Waals surface area contributed by atoms with E-state index in [1.165, 1.54) is 17.0 Å². The standard InChI is InChI=1S/C15H20N2O3S2/c1-12(15-4-3-11-21-15)17(2)9-10-20-13-5-7-14(8-6-13)22(16,18)19/h3-8,11-12H,9-10H2,1-2H3,(H2,16,18,19)/t12-/m1/s1. The molecule has 2 rings (SSSR count). The van der Waals surface area contributed by atoms with E-state index in [2.05, 4.69) is 30.3 Å². The normalized spacial score (nSPS) is 13.3. The van der Waals surface area contributed by atoms with E-state index >= 15 is 0 Å². The lowest BCUT2D eigenvalue weighted by molar-refractivity contribution is 0.202. The number of hydrogen-bond acceptors (Lipinski definition) is 5. The van der Waals surface area contributed by atoms with Gasteiger partial charge in [0, 0.05) is 17.5 Å². The SMILES string of the molecule is C[C@H](c1cccs1)N(C)CCOc1ccc(S(N)(=O)=O)cc1. The second-order valence-corrected chi connectivity index (χ2v) is 7.58. The number of rotatable bonds is 7. The minimum atomic E-state index is -3.65. The maximum atomic E-state index is 11.2. The van der Waals surface area contributed by atoms with E-state index in [4.69, 9.17) is 9.88 Å². The molecule has 1 aromatic carbocycles. The van der Waals surface area contributed by atoms with E-state index in [1.807, 2.05) is 6.07 Å². The van der Waals surface area contributed by atoms with Crippen LogP contribution in [0.1, 0.15) is 17.8 Å². The van der Waals surface area contributed by atoms with Crippen molar-refractivity contribution in [3.05, 3.63) is 46.7 Å². The Labute approximate surface area is 135 Å². The first-order valence-corrected chi connectivity index (χ1v) is 9.30. The molecule has 0 unspecified atom stereocenters. The zero-order chi connectivity index (χ0) is 16.2. The highest BCUT2D eigenvalue weighted by atomic mass is 32.2. The van der Waals surface area contributed by atoms with Gasteiger partial charge in [-0.2, -0.15) is 0 Å². The Hall–Kier alpha value is -1.41. The number of nitrogens with two attached hydrogens (primary N) is 1. The molecule has 1 heterocycles. The molecule has 0 fully saturated rings. The zero-order valence-electron chi connectivity index (χ0n) is 12.6. The molecule has 7 heteroatoms. The van der Waals surface area contributed by atoms with Crippen LogP contribution in [-0.4, -0.2) is 33.5 Å². The fraction of sp³-hybridized carbons (Fsp3) is 0.333. The third-order valence-electron chi connectivity index (χ3n) is 3.48. The highest BCUT2D eigenvalue weighted by Crippen LogP contribution is 2.23. The van der Waals surface area contributed by atoms with Gasteiger partial charge in [0.25, 0.3) is 0 Å². The van der Waals surface area contributed by atoms with Gasteiger partial charge < -0.3 is 4.74 Å². The maximum absolute atomic E-state index is 11.2. The van der Waals surface area contributed by atoms with Crippen molar-refractivity contribution in [2.75, 3.05) is 20.2 Å². The Morgan fingerprint density at radius 1 is 1.27 bits per heavy atom. The third-order valence-corrected chi connectivity index (χ3v) is 5.45. The molecule has 0 saturated carbocycles. The summed E-state index contributed by atoms with van der Waals surface area (Å²) in [6.07, 6.45) is 0. The zero-order valence-corrected chi connectivity index (χ0v) is 14.2. The van der Waals surface area contributed by atoms with Crippen molar-refractivity contribution < 1.29 is 13.2 Å². The maximum Gasteiger partial charge on any atom is 0.238 e. The van der Waals surface area contributed by atoms with Gasteiger partial charge in [-0.1, -0.05) is 6.07 Å². The van der Waals surface area contributed by atoms with Gasteiger partial charge in [-0.05, 0) is 49.7 Å². The molecule has 2 aromatic rings. The van der Waals surface area contributed by atoms with Crippen molar-refractivity contribution in [1.82, 2.24) is 4.90 Å². The largest absolute Gasteiger partial charge is 0.492 e. The van der Waals surface area contributed by atoms with Crippen LogP contribution in [0.2, 0.25) is 0 Å². The molecule has 0 aliphatic rings. The molecule has 0 radical (unpaired) electrons. The summed E-state index contributed by atoms with van der Waals surface area (Å²) in [6.45, 7) is 3.46. The van der Waals surface area contributed by atoms with Crippen molar-refractivity contribution in [3.63, 3.8) is 0 Å². The van der Waals surface area contributed by atoms with Gasteiger partial charge in [-0.15, -0.1) is 11.3 Å². The quantitative estimate of drug-likeness (QED) is 0.840. The number of primary sulfonamides is 1. The predicted octanol–water partition coefficient (Wildman–Crippen LogP) is 2.47. The Kier molecular flexibility index (Phi) is 5.57. The van der Waals surface area contributed by atoms with Crippen LogP contribution < -0.4 is 9.88 Å². The average molecular weight is 340 g/mol. The molecule has 1 aromatic heterocycles. The fourth-order valence-electron chi connectivity index (χ4n) is 1.97. The summed E-state index contributed by atoms with van der Waals surface area (Å²) >= 11 is 1.74. The lowest BCUT2D eigenvalue weighted by atomic mass is 10.2. The van der Waals surface area contributed by atoms with Crippen molar-refractivity contribution >= 4 is 21.4 Å². The van der Waals surface area contributed by atoms with Gasteiger partial charge in [0.1, 0.15) is 12.4 Å². The molecule has 0 saturated heterocycles.